The summed E-state index contributed by atoms with van der Waals surface area (Å²) in [5, 5.41) is 14.8. The molecule has 2 amide bonds. The molecule has 0 radical (unpaired) electrons. The molecular formula is C16H22N2O3. The second-order valence-corrected chi connectivity index (χ2v) is 5.75. The van der Waals surface area contributed by atoms with E-state index in [4.69, 9.17) is 0 Å². The summed E-state index contributed by atoms with van der Waals surface area (Å²) in [5.41, 5.74) is 2.88. The maximum atomic E-state index is 12.1. The van der Waals surface area contributed by atoms with Crippen LogP contribution in [0.25, 0.3) is 0 Å². The highest BCUT2D eigenvalue weighted by Gasteiger charge is 2.31. The summed E-state index contributed by atoms with van der Waals surface area (Å²) in [6.07, 6.45) is 3.22. The number of hydrogen-bond acceptors (Lipinski definition) is 2. The molecule has 2 rings (SSSR count). The zero-order chi connectivity index (χ0) is 15.4. The number of carbonyl (C=O) groups excluding carboxylic acids is 1. The minimum absolute atomic E-state index is 0.290. The Labute approximate surface area is 124 Å². The van der Waals surface area contributed by atoms with Crippen LogP contribution < -0.4 is 10.6 Å². The normalized spacial score (nSPS) is 21.6. The highest BCUT2D eigenvalue weighted by molar-refractivity contribution is 5.90. The van der Waals surface area contributed by atoms with Crippen molar-refractivity contribution in [3.63, 3.8) is 0 Å². The number of aryl methyl sites for hydroxylation is 2. The number of carbonyl (C=O) groups is 2. The molecular weight excluding hydrogens is 268 g/mol. The number of carboxylic acid groups (broad SMARTS) is 1. The van der Waals surface area contributed by atoms with Crippen LogP contribution in [0.3, 0.4) is 0 Å². The molecule has 21 heavy (non-hydrogen) atoms. The molecule has 1 aliphatic rings. The molecule has 0 aliphatic heterocycles. The van der Waals surface area contributed by atoms with E-state index in [1.807, 2.05) is 32.0 Å². The van der Waals surface area contributed by atoms with Gasteiger partial charge >= 0.3 is 12.0 Å². The number of carboxylic acids is 1. The Morgan fingerprint density at radius 1 is 1.19 bits per heavy atom. The lowest BCUT2D eigenvalue weighted by Crippen LogP contribution is -2.46. The second kappa shape index (κ2) is 6.61. The smallest absolute Gasteiger partial charge is 0.319 e. The molecule has 2 atom stereocenters. The van der Waals surface area contributed by atoms with Crippen molar-refractivity contribution in [1.82, 2.24) is 5.32 Å². The minimum Gasteiger partial charge on any atom is -0.481 e. The van der Waals surface area contributed by atoms with Gasteiger partial charge in [-0.15, -0.1) is 0 Å². The molecule has 1 saturated carbocycles. The largest absolute Gasteiger partial charge is 0.481 e. The van der Waals surface area contributed by atoms with Crippen LogP contribution in [0.4, 0.5) is 10.5 Å². The number of nitrogens with one attached hydrogen (secondary N) is 2. The topological polar surface area (TPSA) is 78.4 Å². The van der Waals surface area contributed by atoms with Crippen molar-refractivity contribution in [3.05, 3.63) is 29.3 Å². The van der Waals surface area contributed by atoms with E-state index in [-0.39, 0.29) is 12.1 Å². The maximum absolute atomic E-state index is 12.1. The Morgan fingerprint density at radius 2 is 1.90 bits per heavy atom. The first-order valence-corrected chi connectivity index (χ1v) is 7.35. The standard InChI is InChI=1S/C16H22N2O3/c1-10-7-8-13(11(2)9-10)17-16(21)18-14-6-4-3-5-12(14)15(19)20/h7-9,12,14H,3-6H2,1-2H3,(H,19,20)(H2,17,18,21). The van der Waals surface area contributed by atoms with Gasteiger partial charge in [-0.1, -0.05) is 30.5 Å². The zero-order valence-electron chi connectivity index (χ0n) is 12.5. The Morgan fingerprint density at radius 3 is 2.57 bits per heavy atom. The lowest BCUT2D eigenvalue weighted by Gasteiger charge is -2.29. The second-order valence-electron chi connectivity index (χ2n) is 5.75. The van der Waals surface area contributed by atoms with Crippen LogP contribution in [-0.4, -0.2) is 23.1 Å². The van der Waals surface area contributed by atoms with E-state index in [0.29, 0.717) is 6.42 Å². The summed E-state index contributed by atoms with van der Waals surface area (Å²) < 4.78 is 0. The number of urea groups is 1. The van der Waals surface area contributed by atoms with Gasteiger partial charge in [-0.25, -0.2) is 4.79 Å². The molecule has 2 unspecified atom stereocenters. The van der Waals surface area contributed by atoms with Gasteiger partial charge in [0.1, 0.15) is 0 Å². The van der Waals surface area contributed by atoms with Gasteiger partial charge in [0, 0.05) is 11.7 Å². The maximum Gasteiger partial charge on any atom is 0.319 e. The van der Waals surface area contributed by atoms with Crippen molar-refractivity contribution >= 4 is 17.7 Å². The van der Waals surface area contributed by atoms with E-state index in [1.165, 1.54) is 0 Å². The quantitative estimate of drug-likeness (QED) is 0.800. The van der Waals surface area contributed by atoms with E-state index >= 15 is 0 Å². The van der Waals surface area contributed by atoms with Crippen LogP contribution in [0.15, 0.2) is 18.2 Å². The van der Waals surface area contributed by atoms with Crippen molar-refractivity contribution in [2.75, 3.05) is 5.32 Å². The number of rotatable bonds is 3. The average Bonchev–Trinajstić information content (AvgIpc) is 2.42. The Bertz CT molecular complexity index is 542. The van der Waals surface area contributed by atoms with E-state index in [2.05, 4.69) is 10.6 Å². The third-order valence-electron chi connectivity index (χ3n) is 4.03. The van der Waals surface area contributed by atoms with Gasteiger partial charge in [0.05, 0.1) is 5.92 Å². The van der Waals surface area contributed by atoms with Crippen LogP contribution in [0.5, 0.6) is 0 Å². The molecule has 0 spiro atoms. The first-order valence-electron chi connectivity index (χ1n) is 7.35. The molecule has 114 valence electrons. The van der Waals surface area contributed by atoms with Gasteiger partial charge in [0.25, 0.3) is 0 Å². The summed E-state index contributed by atoms with van der Waals surface area (Å²) >= 11 is 0. The SMILES string of the molecule is Cc1ccc(NC(=O)NC2CCCCC2C(=O)O)c(C)c1. The number of anilines is 1. The molecule has 1 fully saturated rings. The third kappa shape index (κ3) is 3.97. The number of benzene rings is 1. The van der Waals surface area contributed by atoms with E-state index in [1.54, 1.807) is 0 Å². The molecule has 0 bridgehead atoms. The Kier molecular flexibility index (Phi) is 4.83. The monoisotopic (exact) mass is 290 g/mol. The number of aliphatic carboxylic acids is 1. The van der Waals surface area contributed by atoms with Gasteiger partial charge in [-0.2, -0.15) is 0 Å². The van der Waals surface area contributed by atoms with E-state index in [9.17, 15) is 14.7 Å². The number of hydrogen-bond donors (Lipinski definition) is 3. The highest BCUT2D eigenvalue weighted by atomic mass is 16.4. The molecule has 1 aromatic carbocycles. The lowest BCUT2D eigenvalue weighted by molar-refractivity contribution is -0.143. The third-order valence-corrected chi connectivity index (χ3v) is 4.03. The lowest BCUT2D eigenvalue weighted by atomic mass is 9.84. The highest BCUT2D eigenvalue weighted by Crippen LogP contribution is 2.25. The van der Waals surface area contributed by atoms with Crippen LogP contribution in [0.2, 0.25) is 0 Å². The van der Waals surface area contributed by atoms with Crippen molar-refractivity contribution < 1.29 is 14.7 Å². The van der Waals surface area contributed by atoms with Gasteiger partial charge in [-0.3, -0.25) is 4.79 Å². The first kappa shape index (κ1) is 15.4. The van der Waals surface area contributed by atoms with Crippen molar-refractivity contribution in [2.45, 2.75) is 45.6 Å². The molecule has 1 aliphatic carbocycles. The Hall–Kier alpha value is -2.04. The molecule has 0 heterocycles. The van der Waals surface area contributed by atoms with E-state index < -0.39 is 11.9 Å². The van der Waals surface area contributed by atoms with E-state index in [0.717, 1.165) is 36.1 Å². The van der Waals surface area contributed by atoms with Gasteiger partial charge in [0.15, 0.2) is 0 Å². The molecule has 5 heteroatoms. The summed E-state index contributed by atoms with van der Waals surface area (Å²) in [4.78, 5) is 23.3. The fourth-order valence-corrected chi connectivity index (χ4v) is 2.88. The molecule has 1 aromatic rings. The molecule has 0 saturated heterocycles. The predicted octanol–water partition coefficient (Wildman–Crippen LogP) is 3.07. The predicted molar refractivity (Wildman–Crippen MR) is 81.5 cm³/mol. The van der Waals surface area contributed by atoms with Crippen molar-refractivity contribution in [1.29, 1.82) is 0 Å². The minimum atomic E-state index is -0.827. The first-order chi connectivity index (χ1) is 9.97. The van der Waals surface area contributed by atoms with Gasteiger partial charge < -0.3 is 15.7 Å². The molecule has 0 aromatic heterocycles. The summed E-state index contributed by atoms with van der Waals surface area (Å²) in [6, 6.07) is 5.17. The van der Waals surface area contributed by atoms with Gasteiger partial charge in [-0.05, 0) is 38.3 Å². The summed E-state index contributed by atoms with van der Waals surface area (Å²) in [6.45, 7) is 3.93. The van der Waals surface area contributed by atoms with Crippen molar-refractivity contribution in [3.8, 4) is 0 Å². The summed E-state index contributed by atoms with van der Waals surface area (Å²) in [7, 11) is 0. The van der Waals surface area contributed by atoms with Crippen molar-refractivity contribution in [2.24, 2.45) is 5.92 Å². The van der Waals surface area contributed by atoms with Crippen LogP contribution in [-0.2, 0) is 4.79 Å². The number of amides is 2. The zero-order valence-corrected chi connectivity index (χ0v) is 12.5. The van der Waals surface area contributed by atoms with Crippen LogP contribution >= 0.6 is 0 Å². The van der Waals surface area contributed by atoms with Crippen LogP contribution in [0.1, 0.15) is 36.8 Å². The van der Waals surface area contributed by atoms with Crippen LogP contribution in [0, 0.1) is 19.8 Å². The average molecular weight is 290 g/mol. The van der Waals surface area contributed by atoms with Gasteiger partial charge in [0.2, 0.25) is 0 Å². The summed E-state index contributed by atoms with van der Waals surface area (Å²) in [5.74, 6) is -1.31. The Balaban J connectivity index is 1.98. The molecule has 5 nitrogen and oxygen atoms in total. The fraction of sp³-hybridized carbons (Fsp3) is 0.500. The fourth-order valence-electron chi connectivity index (χ4n) is 2.88. The molecule has 3 N–H and O–H groups in total.